The number of aromatic nitrogens is 6. The molecule has 4 aromatic carbocycles. The van der Waals surface area contributed by atoms with Crippen LogP contribution in [-0.4, -0.2) is 39.8 Å². The zero-order chi connectivity index (χ0) is 29.9. The number of imidazole rings is 2. The lowest BCUT2D eigenvalue weighted by Gasteiger charge is -2.01. The molecule has 0 bridgehead atoms. The lowest BCUT2D eigenvalue weighted by molar-refractivity contribution is -0.384. The molecule has 0 saturated carbocycles. The monoisotopic (exact) mass is 620 g/mol. The summed E-state index contributed by atoms with van der Waals surface area (Å²) < 4.78 is 1.41. The standard InChI is InChI=1S/C28H16N10O4S2/c39-37(40)15-3-7-19-23(11-15)43-27(33-19)35-25-29-17-5-1-13(9-21(17)31-25)14-2-6-18-22(10-14)32-26(30-18)36-28-34-20-8-4-16(38(41)42)12-24(20)44-28/h1-12H,(H2,29,31,33,35)(H2,30,32,34,36). The molecular weight excluding hydrogens is 605 g/mol. The normalized spacial score (nSPS) is 11.5. The van der Waals surface area contributed by atoms with Crippen LogP contribution in [0.4, 0.5) is 33.5 Å². The van der Waals surface area contributed by atoms with Gasteiger partial charge in [-0.2, -0.15) is 0 Å². The number of benzene rings is 4. The van der Waals surface area contributed by atoms with Crippen LogP contribution in [0.1, 0.15) is 0 Å². The van der Waals surface area contributed by atoms with Gasteiger partial charge in [-0.15, -0.1) is 0 Å². The number of H-pyrrole nitrogens is 2. The van der Waals surface area contributed by atoms with Crippen molar-refractivity contribution in [2.24, 2.45) is 0 Å². The van der Waals surface area contributed by atoms with Crippen molar-refractivity contribution in [1.29, 1.82) is 0 Å². The van der Waals surface area contributed by atoms with Crippen molar-refractivity contribution < 1.29 is 9.85 Å². The van der Waals surface area contributed by atoms with Crippen LogP contribution in [0.3, 0.4) is 0 Å². The van der Waals surface area contributed by atoms with Gasteiger partial charge in [0.05, 0.1) is 52.3 Å². The molecule has 0 radical (unpaired) electrons. The summed E-state index contributed by atoms with van der Waals surface area (Å²) in [6, 6.07) is 21.0. The van der Waals surface area contributed by atoms with E-state index in [9.17, 15) is 20.2 Å². The number of nitrogens with one attached hydrogen (secondary N) is 4. The van der Waals surface area contributed by atoms with Crippen molar-refractivity contribution in [3.63, 3.8) is 0 Å². The third kappa shape index (κ3) is 4.59. The van der Waals surface area contributed by atoms with E-state index in [1.165, 1.54) is 46.9 Å². The van der Waals surface area contributed by atoms with Gasteiger partial charge in [-0.3, -0.25) is 20.2 Å². The predicted octanol–water partition coefficient (Wildman–Crippen LogP) is 7.63. The van der Waals surface area contributed by atoms with E-state index in [1.54, 1.807) is 12.1 Å². The minimum absolute atomic E-state index is 0.0213. The average Bonchev–Trinajstić information content (AvgIpc) is 3.78. The van der Waals surface area contributed by atoms with Crippen molar-refractivity contribution in [2.45, 2.75) is 0 Å². The maximum atomic E-state index is 11.1. The number of anilines is 4. The van der Waals surface area contributed by atoms with E-state index in [0.29, 0.717) is 42.6 Å². The molecule has 0 aliphatic rings. The Balaban J connectivity index is 1.03. The summed E-state index contributed by atoms with van der Waals surface area (Å²) in [4.78, 5) is 46.1. The number of non-ortho nitro benzene ring substituents is 2. The van der Waals surface area contributed by atoms with Crippen LogP contribution in [0.5, 0.6) is 0 Å². The molecule has 4 aromatic heterocycles. The van der Waals surface area contributed by atoms with E-state index >= 15 is 0 Å². The zero-order valence-corrected chi connectivity index (χ0v) is 23.7. The predicted molar refractivity (Wildman–Crippen MR) is 170 cm³/mol. The first-order valence-electron chi connectivity index (χ1n) is 13.0. The topological polar surface area (TPSA) is 193 Å². The molecule has 0 unspecified atom stereocenters. The number of fused-ring (bicyclic) bond motifs is 4. The number of hydrogen-bond donors (Lipinski definition) is 4. The fraction of sp³-hybridized carbons (Fsp3) is 0. The highest BCUT2D eigenvalue weighted by Crippen LogP contribution is 2.33. The lowest BCUT2D eigenvalue weighted by Crippen LogP contribution is -1.90. The molecule has 8 rings (SSSR count). The number of aromatic amines is 2. The molecule has 0 aliphatic heterocycles. The van der Waals surface area contributed by atoms with Crippen LogP contribution in [-0.2, 0) is 0 Å². The average molecular weight is 621 g/mol. The zero-order valence-electron chi connectivity index (χ0n) is 22.1. The molecule has 0 atom stereocenters. The Morgan fingerprint density at radius 2 is 1.00 bits per heavy atom. The molecule has 4 N–H and O–H groups in total. The van der Waals surface area contributed by atoms with Crippen molar-refractivity contribution >= 4 is 98.7 Å². The second-order valence-corrected chi connectivity index (χ2v) is 11.8. The molecule has 0 fully saturated rings. The number of thiazole rings is 2. The van der Waals surface area contributed by atoms with E-state index in [0.717, 1.165) is 33.2 Å². The number of rotatable bonds is 7. The van der Waals surface area contributed by atoms with E-state index in [1.807, 2.05) is 36.4 Å². The van der Waals surface area contributed by atoms with Gasteiger partial charge in [0, 0.05) is 24.3 Å². The summed E-state index contributed by atoms with van der Waals surface area (Å²) in [5.74, 6) is 1.02. The SMILES string of the molecule is O=[N+]([O-])c1ccc2nc(Nc3nc4ccc(-c5ccc6nc(Nc7nc8ccc([N+](=O)[O-])cc8s7)[nH]c6c5)cc4[nH]3)sc2c1. The van der Waals surface area contributed by atoms with E-state index in [4.69, 9.17) is 0 Å². The first-order valence-corrected chi connectivity index (χ1v) is 14.6. The van der Waals surface area contributed by atoms with Gasteiger partial charge in [0.25, 0.3) is 11.4 Å². The number of hydrogen-bond acceptors (Lipinski definition) is 12. The van der Waals surface area contributed by atoms with E-state index in [-0.39, 0.29) is 11.4 Å². The third-order valence-electron chi connectivity index (χ3n) is 6.91. The van der Waals surface area contributed by atoms with Crippen LogP contribution in [0, 0.1) is 20.2 Å². The van der Waals surface area contributed by atoms with Crippen molar-refractivity contribution in [3.8, 4) is 11.1 Å². The summed E-state index contributed by atoms with van der Waals surface area (Å²) in [7, 11) is 0. The maximum absolute atomic E-state index is 11.1. The molecule has 0 amide bonds. The second-order valence-electron chi connectivity index (χ2n) is 9.74. The minimum atomic E-state index is -0.425. The maximum Gasteiger partial charge on any atom is 0.270 e. The number of nitro groups is 2. The van der Waals surface area contributed by atoms with Gasteiger partial charge in [-0.25, -0.2) is 19.9 Å². The highest BCUT2D eigenvalue weighted by atomic mass is 32.1. The second kappa shape index (κ2) is 9.79. The number of nitro benzene ring substituents is 2. The Morgan fingerprint density at radius 3 is 1.43 bits per heavy atom. The molecule has 8 aromatic rings. The van der Waals surface area contributed by atoms with Crippen molar-refractivity contribution in [2.75, 3.05) is 10.6 Å². The molecule has 0 aliphatic carbocycles. The third-order valence-corrected chi connectivity index (χ3v) is 8.78. The van der Waals surface area contributed by atoms with Crippen LogP contribution in [0.15, 0.2) is 72.8 Å². The molecule has 44 heavy (non-hydrogen) atoms. The molecule has 0 saturated heterocycles. The molecule has 14 nitrogen and oxygen atoms in total. The molecule has 214 valence electrons. The molecule has 4 heterocycles. The van der Waals surface area contributed by atoms with Crippen LogP contribution < -0.4 is 10.6 Å². The Bertz CT molecular complexity index is 2270. The van der Waals surface area contributed by atoms with Crippen molar-refractivity contribution in [1.82, 2.24) is 29.9 Å². The van der Waals surface area contributed by atoms with Gasteiger partial charge < -0.3 is 20.6 Å². The van der Waals surface area contributed by atoms with Gasteiger partial charge in [0.15, 0.2) is 10.3 Å². The molecule has 0 spiro atoms. The number of nitrogens with zero attached hydrogens (tertiary/aromatic N) is 6. The first kappa shape index (κ1) is 25.7. The summed E-state index contributed by atoms with van der Waals surface area (Å²) in [5, 5.41) is 29.7. The summed E-state index contributed by atoms with van der Waals surface area (Å²) in [6.45, 7) is 0. The van der Waals surface area contributed by atoms with Gasteiger partial charge in [-0.05, 0) is 47.5 Å². The lowest BCUT2D eigenvalue weighted by atomic mass is 10.0. The van der Waals surface area contributed by atoms with Crippen molar-refractivity contribution in [3.05, 3.63) is 93.0 Å². The Kier molecular flexibility index (Phi) is 5.71. The first-order chi connectivity index (χ1) is 21.3. The Morgan fingerprint density at radius 1 is 0.568 bits per heavy atom. The molecular formula is C28H16N10O4S2. The smallest absolute Gasteiger partial charge is 0.270 e. The summed E-state index contributed by atoms with van der Waals surface area (Å²) >= 11 is 2.62. The van der Waals surface area contributed by atoms with E-state index in [2.05, 4.69) is 40.5 Å². The fourth-order valence-corrected chi connectivity index (χ4v) is 6.66. The van der Waals surface area contributed by atoms with Crippen LogP contribution >= 0.6 is 22.7 Å². The van der Waals surface area contributed by atoms with Crippen LogP contribution in [0.2, 0.25) is 0 Å². The van der Waals surface area contributed by atoms with Gasteiger partial charge in [0.1, 0.15) is 0 Å². The quantitative estimate of drug-likeness (QED) is 0.102. The summed E-state index contributed by atoms with van der Waals surface area (Å²) in [6.07, 6.45) is 0. The molecule has 16 heteroatoms. The highest BCUT2D eigenvalue weighted by molar-refractivity contribution is 7.22. The van der Waals surface area contributed by atoms with E-state index < -0.39 is 9.85 Å². The van der Waals surface area contributed by atoms with Gasteiger partial charge in [0.2, 0.25) is 11.9 Å². The fourth-order valence-electron chi connectivity index (χ4n) is 4.86. The minimum Gasteiger partial charge on any atom is -0.324 e. The Hall–Kier alpha value is -6.00. The van der Waals surface area contributed by atoms with Gasteiger partial charge in [-0.1, -0.05) is 34.8 Å². The summed E-state index contributed by atoms with van der Waals surface area (Å²) in [5.41, 5.74) is 6.50. The van der Waals surface area contributed by atoms with Crippen LogP contribution in [0.25, 0.3) is 53.6 Å². The Labute approximate surface area is 252 Å². The highest BCUT2D eigenvalue weighted by Gasteiger charge is 2.14. The largest absolute Gasteiger partial charge is 0.324 e. The van der Waals surface area contributed by atoms with Gasteiger partial charge >= 0.3 is 0 Å².